The van der Waals surface area contributed by atoms with Gasteiger partial charge in [0.1, 0.15) is 0 Å². The molecule has 0 bridgehead atoms. The van der Waals surface area contributed by atoms with Crippen molar-refractivity contribution in [3.8, 4) is 0 Å². The van der Waals surface area contributed by atoms with Crippen LogP contribution >= 0.6 is 10.7 Å². The maximum absolute atomic E-state index is 11.1. The van der Waals surface area contributed by atoms with Crippen LogP contribution in [0.2, 0.25) is 0 Å². The summed E-state index contributed by atoms with van der Waals surface area (Å²) >= 11 is 0. The van der Waals surface area contributed by atoms with Gasteiger partial charge in [-0.15, -0.1) is 0 Å². The molecule has 10 heavy (non-hydrogen) atoms. The zero-order chi connectivity index (χ0) is 8.58. The third-order valence-corrected chi connectivity index (χ3v) is 1.55. The van der Waals surface area contributed by atoms with Gasteiger partial charge in [-0.3, -0.25) is 4.79 Å². The van der Waals surface area contributed by atoms with Crippen molar-refractivity contribution in [3.63, 3.8) is 0 Å². The Balaban J connectivity index is 4.75. The number of carbonyl (C=O) groups is 1. The number of hydrogen-bond donors (Lipinski definition) is 0. The van der Waals surface area contributed by atoms with Gasteiger partial charge in [0.25, 0.3) is 0 Å². The first-order chi connectivity index (χ1) is 4.15. The number of hydrogen-bond acceptors (Lipinski definition) is 3. The molecule has 0 aliphatic heterocycles. The highest BCUT2D eigenvalue weighted by atomic mass is 35.7. The molecule has 8 heteroatoms. The molecule has 0 saturated carbocycles. The molecular formula is C2ClF3O3S. The highest BCUT2D eigenvalue weighted by Gasteiger charge is 2.46. The quantitative estimate of drug-likeness (QED) is 0.535. The smallest absolute Gasteiger partial charge is 0.270 e. The summed E-state index contributed by atoms with van der Waals surface area (Å²) in [6, 6.07) is 0. The van der Waals surface area contributed by atoms with Gasteiger partial charge in [0.15, 0.2) is 0 Å². The predicted molar refractivity (Wildman–Crippen MR) is 25.8 cm³/mol. The average Bonchev–Trinajstić information content (AvgIpc) is 1.59. The van der Waals surface area contributed by atoms with E-state index in [1.165, 1.54) is 0 Å². The van der Waals surface area contributed by atoms with Crippen molar-refractivity contribution in [1.82, 2.24) is 0 Å². The summed E-state index contributed by atoms with van der Waals surface area (Å²) in [5, 5.41) is -2.94. The van der Waals surface area contributed by atoms with Crippen molar-refractivity contribution < 1.29 is 26.4 Å². The molecule has 0 N–H and O–H groups in total. The topological polar surface area (TPSA) is 51.2 Å². The summed E-state index contributed by atoms with van der Waals surface area (Å²) in [6.07, 6.45) is -5.42. The summed E-state index contributed by atoms with van der Waals surface area (Å²) < 4.78 is 52.7. The molecule has 0 heterocycles. The van der Waals surface area contributed by atoms with Gasteiger partial charge in [-0.05, 0) is 0 Å². The highest BCUT2D eigenvalue weighted by molar-refractivity contribution is 8.25. The van der Waals surface area contributed by atoms with E-state index in [0.717, 1.165) is 0 Å². The minimum atomic E-state index is -5.42. The fourth-order valence-corrected chi connectivity index (χ4v) is 0.677. The van der Waals surface area contributed by atoms with Gasteiger partial charge in [-0.2, -0.15) is 13.2 Å². The van der Waals surface area contributed by atoms with E-state index in [1.54, 1.807) is 0 Å². The molecule has 0 atom stereocenters. The fraction of sp³-hybridized carbons (Fsp3) is 0.500. The van der Waals surface area contributed by atoms with Gasteiger partial charge in [0, 0.05) is 10.7 Å². The van der Waals surface area contributed by atoms with E-state index in [1.807, 2.05) is 0 Å². The number of rotatable bonds is 0. The van der Waals surface area contributed by atoms with Gasteiger partial charge in [-0.1, -0.05) is 0 Å². The van der Waals surface area contributed by atoms with Crippen molar-refractivity contribution in [1.29, 1.82) is 0 Å². The van der Waals surface area contributed by atoms with Crippen molar-refractivity contribution >= 4 is 24.8 Å². The summed E-state index contributed by atoms with van der Waals surface area (Å²) in [5.41, 5.74) is 0. The van der Waals surface area contributed by atoms with E-state index in [0.29, 0.717) is 0 Å². The molecule has 0 saturated heterocycles. The summed E-state index contributed by atoms with van der Waals surface area (Å²) in [6.45, 7) is 0. The zero-order valence-corrected chi connectivity index (χ0v) is 5.72. The molecule has 0 aromatic heterocycles. The molecule has 0 fully saturated rings. The van der Waals surface area contributed by atoms with Crippen LogP contribution in [0.25, 0.3) is 0 Å². The molecule has 0 rings (SSSR count). The second-order valence-corrected chi connectivity index (χ2v) is 3.69. The number of alkyl halides is 3. The first-order valence-corrected chi connectivity index (χ1v) is 4.02. The van der Waals surface area contributed by atoms with E-state index >= 15 is 0 Å². The lowest BCUT2D eigenvalue weighted by Crippen LogP contribution is -2.27. The minimum absolute atomic E-state index is 2.94. The van der Waals surface area contributed by atoms with Gasteiger partial charge in [0.2, 0.25) is 0 Å². The Morgan fingerprint density at radius 1 is 1.30 bits per heavy atom. The first kappa shape index (κ1) is 9.70. The van der Waals surface area contributed by atoms with Crippen LogP contribution in [-0.4, -0.2) is 19.7 Å². The lowest BCUT2D eigenvalue weighted by Gasteiger charge is -1.98. The second-order valence-electron chi connectivity index (χ2n) is 1.22. The molecule has 0 aromatic carbocycles. The van der Waals surface area contributed by atoms with Gasteiger partial charge >= 0.3 is 20.3 Å². The molecule has 60 valence electrons. The maximum Gasteiger partial charge on any atom is 0.467 e. The fourth-order valence-electron chi connectivity index (χ4n) is 0.138. The standard InChI is InChI=1S/C2ClF3O3S/c3-10(8,9)1(7)2(4,5)6. The molecular weight excluding hydrogens is 197 g/mol. The second kappa shape index (κ2) is 2.39. The third-order valence-electron chi connectivity index (χ3n) is 0.453. The highest BCUT2D eigenvalue weighted by Crippen LogP contribution is 2.20. The van der Waals surface area contributed by atoms with Gasteiger partial charge in [-0.25, -0.2) is 8.42 Å². The van der Waals surface area contributed by atoms with Crippen molar-refractivity contribution in [2.24, 2.45) is 0 Å². The van der Waals surface area contributed by atoms with Crippen LogP contribution in [0, 0.1) is 0 Å². The monoisotopic (exact) mass is 196 g/mol. The zero-order valence-electron chi connectivity index (χ0n) is 4.14. The average molecular weight is 197 g/mol. The Kier molecular flexibility index (Phi) is 2.32. The van der Waals surface area contributed by atoms with Crippen LogP contribution in [0.15, 0.2) is 0 Å². The third kappa shape index (κ3) is 2.53. The Morgan fingerprint density at radius 2 is 1.60 bits per heavy atom. The van der Waals surface area contributed by atoms with Crippen LogP contribution in [0.5, 0.6) is 0 Å². The molecule has 3 nitrogen and oxygen atoms in total. The van der Waals surface area contributed by atoms with E-state index in [4.69, 9.17) is 0 Å². The van der Waals surface area contributed by atoms with E-state index in [-0.39, 0.29) is 0 Å². The maximum atomic E-state index is 11.1. The molecule has 0 radical (unpaired) electrons. The molecule has 0 aliphatic carbocycles. The van der Waals surface area contributed by atoms with Crippen LogP contribution in [0.4, 0.5) is 13.2 Å². The Hall–Kier alpha value is -0.300. The Morgan fingerprint density at radius 3 is 1.60 bits per heavy atom. The first-order valence-electron chi connectivity index (χ1n) is 1.71. The van der Waals surface area contributed by atoms with Crippen molar-refractivity contribution in [2.45, 2.75) is 6.18 Å². The van der Waals surface area contributed by atoms with Gasteiger partial charge in [0.05, 0.1) is 0 Å². The molecule has 0 aromatic rings. The summed E-state index contributed by atoms with van der Waals surface area (Å²) in [7, 11) is -1.08. The lowest BCUT2D eigenvalue weighted by atomic mass is 10.8. The van der Waals surface area contributed by atoms with Crippen molar-refractivity contribution in [2.75, 3.05) is 0 Å². The molecule has 0 spiro atoms. The largest absolute Gasteiger partial charge is 0.467 e. The lowest BCUT2D eigenvalue weighted by molar-refractivity contribution is -0.161. The van der Waals surface area contributed by atoms with E-state index in [2.05, 4.69) is 10.7 Å². The van der Waals surface area contributed by atoms with E-state index < -0.39 is 20.3 Å². The SMILES string of the molecule is O=C(C(F)(F)F)S(=O)(=O)Cl. The molecule has 0 amide bonds. The Labute approximate surface area is 58.2 Å². The molecule has 0 unspecified atom stereocenters. The predicted octanol–water partition coefficient (Wildman–Crippen LogP) is 0.644. The Bertz CT molecular complexity index is 239. The van der Waals surface area contributed by atoms with Gasteiger partial charge < -0.3 is 0 Å². The van der Waals surface area contributed by atoms with Crippen LogP contribution in [0.3, 0.4) is 0 Å². The molecule has 0 aliphatic rings. The number of carbonyl (C=O) groups excluding carboxylic acids is 1. The van der Waals surface area contributed by atoms with Crippen LogP contribution in [0.1, 0.15) is 0 Å². The normalized spacial score (nSPS) is 13.2. The summed E-state index contributed by atoms with van der Waals surface area (Å²) in [4.78, 5) is 9.64. The van der Waals surface area contributed by atoms with E-state index in [9.17, 15) is 26.4 Å². The number of halogens is 4. The van der Waals surface area contributed by atoms with Crippen molar-refractivity contribution in [3.05, 3.63) is 0 Å². The summed E-state index contributed by atoms with van der Waals surface area (Å²) in [5.74, 6) is 0. The van der Waals surface area contributed by atoms with Crippen LogP contribution < -0.4 is 0 Å². The van der Waals surface area contributed by atoms with Crippen LogP contribution in [-0.2, 0) is 13.8 Å². The minimum Gasteiger partial charge on any atom is -0.270 e.